The van der Waals surface area contributed by atoms with Gasteiger partial charge in [0.15, 0.2) is 0 Å². The van der Waals surface area contributed by atoms with Crippen LogP contribution in [-0.2, 0) is 5.54 Å². The molecule has 0 saturated carbocycles. The van der Waals surface area contributed by atoms with E-state index in [-0.39, 0.29) is 17.7 Å². The van der Waals surface area contributed by atoms with Gasteiger partial charge in [-0.2, -0.15) is 0 Å². The van der Waals surface area contributed by atoms with Gasteiger partial charge in [-0.15, -0.1) is 0 Å². The zero-order valence-electron chi connectivity index (χ0n) is 14.2. The van der Waals surface area contributed by atoms with Crippen molar-refractivity contribution in [1.29, 1.82) is 0 Å². The lowest BCUT2D eigenvalue weighted by atomic mass is 9.81. The second kappa shape index (κ2) is 7.47. The van der Waals surface area contributed by atoms with Gasteiger partial charge in [0.05, 0.1) is 27.8 Å². The van der Waals surface area contributed by atoms with Crippen molar-refractivity contribution in [3.05, 3.63) is 69.8 Å². The lowest BCUT2D eigenvalue weighted by Crippen LogP contribution is -2.45. The normalized spacial score (nSPS) is 11.1. The predicted molar refractivity (Wildman–Crippen MR) is 94.7 cm³/mol. The van der Waals surface area contributed by atoms with Gasteiger partial charge in [-0.1, -0.05) is 12.1 Å². The third-order valence-electron chi connectivity index (χ3n) is 4.31. The van der Waals surface area contributed by atoms with Crippen LogP contribution >= 0.6 is 0 Å². The van der Waals surface area contributed by atoms with E-state index in [2.05, 4.69) is 0 Å². The van der Waals surface area contributed by atoms with Gasteiger partial charge in [0.1, 0.15) is 0 Å². The van der Waals surface area contributed by atoms with Gasteiger partial charge in [0.2, 0.25) is 0 Å². The van der Waals surface area contributed by atoms with Crippen LogP contribution in [0, 0.1) is 0 Å². The highest BCUT2D eigenvalue weighted by Crippen LogP contribution is 2.30. The molecule has 0 spiro atoms. The van der Waals surface area contributed by atoms with Crippen molar-refractivity contribution < 1.29 is 39.6 Å². The molecule has 0 bridgehead atoms. The van der Waals surface area contributed by atoms with E-state index < -0.39 is 51.7 Å². The SMILES string of the molecule is NCC(N)(c1ccc(C(=O)O)c(C(=O)O)c1)c1ccc(C(=O)O)c(C(=O)O)c1. The lowest BCUT2D eigenvalue weighted by molar-refractivity contribution is 0.0651. The molecule has 0 aliphatic heterocycles. The summed E-state index contributed by atoms with van der Waals surface area (Å²) >= 11 is 0. The first-order valence-corrected chi connectivity index (χ1v) is 7.74. The Morgan fingerprint density at radius 3 is 1.25 bits per heavy atom. The molecule has 2 aromatic carbocycles. The number of rotatable bonds is 7. The minimum Gasteiger partial charge on any atom is -0.478 e. The van der Waals surface area contributed by atoms with Crippen LogP contribution in [0.15, 0.2) is 36.4 Å². The Morgan fingerprint density at radius 2 is 1.00 bits per heavy atom. The molecule has 28 heavy (non-hydrogen) atoms. The molecule has 0 aromatic heterocycles. The standard InChI is InChI=1S/C18H16N2O8/c19-7-18(20,8-1-3-10(14(21)22)12(5-8)16(25)26)9-2-4-11(15(23)24)13(6-9)17(27)28/h1-6H,7,19-20H2,(H,21,22)(H,23,24)(H,25,26)(H,27,28). The van der Waals surface area contributed by atoms with Crippen LogP contribution in [-0.4, -0.2) is 50.8 Å². The molecule has 2 aromatic rings. The smallest absolute Gasteiger partial charge is 0.336 e. The van der Waals surface area contributed by atoms with E-state index in [9.17, 15) is 29.4 Å². The molecule has 2 rings (SSSR count). The van der Waals surface area contributed by atoms with Gasteiger partial charge in [-0.3, -0.25) is 0 Å². The Labute approximate surface area is 157 Å². The second-order valence-corrected chi connectivity index (χ2v) is 5.92. The summed E-state index contributed by atoms with van der Waals surface area (Å²) in [6.07, 6.45) is 0. The second-order valence-electron chi connectivity index (χ2n) is 5.92. The monoisotopic (exact) mass is 388 g/mol. The molecule has 0 radical (unpaired) electrons. The van der Waals surface area contributed by atoms with E-state index in [1.807, 2.05) is 0 Å². The Kier molecular flexibility index (Phi) is 5.48. The van der Waals surface area contributed by atoms with Crippen LogP contribution in [0.3, 0.4) is 0 Å². The van der Waals surface area contributed by atoms with Gasteiger partial charge in [-0.25, -0.2) is 19.2 Å². The summed E-state index contributed by atoms with van der Waals surface area (Å²) in [5, 5.41) is 36.8. The number of hydrogen-bond acceptors (Lipinski definition) is 6. The van der Waals surface area contributed by atoms with Crippen molar-refractivity contribution in [3.63, 3.8) is 0 Å². The Bertz CT molecular complexity index is 924. The maximum Gasteiger partial charge on any atom is 0.336 e. The van der Waals surface area contributed by atoms with Crippen molar-refractivity contribution >= 4 is 23.9 Å². The van der Waals surface area contributed by atoms with Crippen LogP contribution in [0.1, 0.15) is 52.6 Å². The molecule has 0 heterocycles. The molecule has 0 amide bonds. The van der Waals surface area contributed by atoms with E-state index in [4.69, 9.17) is 21.7 Å². The average molecular weight is 388 g/mol. The summed E-state index contributed by atoms with van der Waals surface area (Å²) in [6.45, 7) is -0.302. The summed E-state index contributed by atoms with van der Waals surface area (Å²) in [7, 11) is 0. The topological polar surface area (TPSA) is 201 Å². The zero-order chi connectivity index (χ0) is 21.2. The quantitative estimate of drug-likeness (QED) is 0.391. The highest BCUT2D eigenvalue weighted by atomic mass is 16.4. The number of carbonyl (C=O) groups is 4. The van der Waals surface area contributed by atoms with Gasteiger partial charge in [-0.05, 0) is 35.4 Å². The van der Waals surface area contributed by atoms with E-state index in [1.165, 1.54) is 12.1 Å². The number of carboxylic acids is 4. The molecule has 0 saturated heterocycles. The Balaban J connectivity index is 2.72. The van der Waals surface area contributed by atoms with Crippen molar-refractivity contribution in [2.24, 2.45) is 11.5 Å². The van der Waals surface area contributed by atoms with E-state index in [0.29, 0.717) is 0 Å². The van der Waals surface area contributed by atoms with Crippen LogP contribution in [0.2, 0.25) is 0 Å². The van der Waals surface area contributed by atoms with Crippen molar-refractivity contribution in [3.8, 4) is 0 Å². The molecule has 0 aliphatic carbocycles. The molecule has 0 fully saturated rings. The third kappa shape index (κ3) is 3.54. The van der Waals surface area contributed by atoms with Gasteiger partial charge >= 0.3 is 23.9 Å². The van der Waals surface area contributed by atoms with Crippen LogP contribution in [0.4, 0.5) is 0 Å². The highest BCUT2D eigenvalue weighted by Gasteiger charge is 2.32. The van der Waals surface area contributed by atoms with Gasteiger partial charge < -0.3 is 31.9 Å². The first-order valence-electron chi connectivity index (χ1n) is 7.74. The fourth-order valence-electron chi connectivity index (χ4n) is 2.77. The van der Waals surface area contributed by atoms with E-state index in [1.54, 1.807) is 0 Å². The maximum absolute atomic E-state index is 11.4. The highest BCUT2D eigenvalue weighted by molar-refractivity contribution is 6.02. The molecular formula is C18H16N2O8. The van der Waals surface area contributed by atoms with E-state index >= 15 is 0 Å². The van der Waals surface area contributed by atoms with E-state index in [0.717, 1.165) is 24.3 Å². The minimum absolute atomic E-state index is 0.122. The number of aromatic carboxylic acids is 4. The molecule has 10 heteroatoms. The third-order valence-corrected chi connectivity index (χ3v) is 4.31. The molecule has 146 valence electrons. The summed E-state index contributed by atoms with van der Waals surface area (Å²) < 4.78 is 0. The lowest BCUT2D eigenvalue weighted by Gasteiger charge is -2.30. The molecule has 0 aliphatic rings. The largest absolute Gasteiger partial charge is 0.478 e. The number of hydrogen-bond donors (Lipinski definition) is 6. The summed E-state index contributed by atoms with van der Waals surface area (Å²) in [5.41, 5.74) is 8.79. The van der Waals surface area contributed by atoms with Crippen molar-refractivity contribution in [1.82, 2.24) is 0 Å². The van der Waals surface area contributed by atoms with Crippen LogP contribution < -0.4 is 11.5 Å². The summed E-state index contributed by atoms with van der Waals surface area (Å²) in [6, 6.07) is 6.75. The number of nitrogens with two attached hydrogens (primary N) is 2. The molecule has 0 atom stereocenters. The predicted octanol–water partition coefficient (Wildman–Crippen LogP) is 0.640. The fourth-order valence-corrected chi connectivity index (χ4v) is 2.77. The van der Waals surface area contributed by atoms with Gasteiger partial charge in [0.25, 0.3) is 0 Å². The Morgan fingerprint density at radius 1 is 0.679 bits per heavy atom. The first kappa shape index (κ1) is 20.6. The van der Waals surface area contributed by atoms with Crippen molar-refractivity contribution in [2.45, 2.75) is 5.54 Å². The summed E-state index contributed by atoms with van der Waals surface area (Å²) in [5.74, 6) is -5.88. The first-order chi connectivity index (χ1) is 13.0. The maximum atomic E-state index is 11.4. The van der Waals surface area contributed by atoms with Gasteiger partial charge in [0, 0.05) is 6.54 Å². The minimum atomic E-state index is -1.59. The Hall–Kier alpha value is -3.76. The van der Waals surface area contributed by atoms with Crippen LogP contribution in [0.5, 0.6) is 0 Å². The average Bonchev–Trinajstić information content (AvgIpc) is 2.65. The van der Waals surface area contributed by atoms with Crippen LogP contribution in [0.25, 0.3) is 0 Å². The number of carboxylic acid groups (broad SMARTS) is 4. The molecular weight excluding hydrogens is 372 g/mol. The molecule has 8 N–H and O–H groups in total. The zero-order valence-corrected chi connectivity index (χ0v) is 14.2. The summed E-state index contributed by atoms with van der Waals surface area (Å²) in [4.78, 5) is 45.2. The fraction of sp³-hybridized carbons (Fsp3) is 0.111. The van der Waals surface area contributed by atoms with Crippen molar-refractivity contribution in [2.75, 3.05) is 6.54 Å². The molecule has 10 nitrogen and oxygen atoms in total. The molecule has 0 unspecified atom stereocenters. The number of benzene rings is 2.